The van der Waals surface area contributed by atoms with Gasteiger partial charge in [-0.05, 0) is 47.6 Å². The Morgan fingerprint density at radius 2 is 1.41 bits per heavy atom. The molecule has 2 aliphatic heterocycles. The molecular formula is C14H28N2O. The van der Waals surface area contributed by atoms with Gasteiger partial charge >= 0.3 is 0 Å². The van der Waals surface area contributed by atoms with Crippen molar-refractivity contribution in [2.45, 2.75) is 57.7 Å². The minimum atomic E-state index is 0.296. The van der Waals surface area contributed by atoms with Gasteiger partial charge in [-0.1, -0.05) is 0 Å². The van der Waals surface area contributed by atoms with Crippen LogP contribution in [-0.2, 0) is 4.74 Å². The fraction of sp³-hybridized carbons (Fsp3) is 1.00. The molecular weight excluding hydrogens is 212 g/mol. The van der Waals surface area contributed by atoms with Crippen LogP contribution in [0.15, 0.2) is 0 Å². The predicted octanol–water partition coefficient (Wildman–Crippen LogP) is 1.97. The van der Waals surface area contributed by atoms with Gasteiger partial charge in [0.25, 0.3) is 0 Å². The van der Waals surface area contributed by atoms with Gasteiger partial charge in [-0.2, -0.15) is 0 Å². The van der Waals surface area contributed by atoms with Crippen LogP contribution in [0.5, 0.6) is 0 Å². The number of hydrogen-bond donors (Lipinski definition) is 0. The number of nitrogens with zero attached hydrogens (tertiary/aromatic N) is 2. The molecule has 2 aliphatic rings. The topological polar surface area (TPSA) is 15.7 Å². The standard InChI is InChI=1S/C14H28N2O/c1-13(2)10-12(11-14(3,4)15(13)5)16-6-8-17-9-7-16/h12H,6-11H2,1-5H3. The summed E-state index contributed by atoms with van der Waals surface area (Å²) in [4.78, 5) is 5.19. The van der Waals surface area contributed by atoms with E-state index < -0.39 is 0 Å². The van der Waals surface area contributed by atoms with E-state index in [1.807, 2.05) is 0 Å². The average Bonchev–Trinajstić information content (AvgIpc) is 2.26. The van der Waals surface area contributed by atoms with Gasteiger partial charge in [0.15, 0.2) is 0 Å². The fourth-order valence-corrected chi connectivity index (χ4v) is 3.52. The Balaban J connectivity index is 2.09. The first-order valence-electron chi connectivity index (χ1n) is 6.89. The summed E-state index contributed by atoms with van der Waals surface area (Å²) in [6, 6.07) is 0.722. The summed E-state index contributed by atoms with van der Waals surface area (Å²) in [7, 11) is 2.27. The number of hydrogen-bond acceptors (Lipinski definition) is 3. The summed E-state index contributed by atoms with van der Waals surface area (Å²) in [5.41, 5.74) is 0.593. The summed E-state index contributed by atoms with van der Waals surface area (Å²) in [5.74, 6) is 0. The lowest BCUT2D eigenvalue weighted by Crippen LogP contribution is -2.63. The fourth-order valence-electron chi connectivity index (χ4n) is 3.52. The van der Waals surface area contributed by atoms with E-state index in [1.54, 1.807) is 0 Å². The Morgan fingerprint density at radius 3 is 1.88 bits per heavy atom. The SMILES string of the molecule is CN1C(C)(C)CC(N2CCOCC2)CC1(C)C. The monoisotopic (exact) mass is 240 g/mol. The third-order valence-electron chi connectivity index (χ3n) is 4.85. The second-order valence-electron chi connectivity index (χ2n) is 6.89. The summed E-state index contributed by atoms with van der Waals surface area (Å²) in [6.07, 6.45) is 2.54. The number of likely N-dealkylation sites (tertiary alicyclic amines) is 1. The maximum Gasteiger partial charge on any atom is 0.0594 e. The molecule has 2 heterocycles. The summed E-state index contributed by atoms with van der Waals surface area (Å²) < 4.78 is 5.46. The van der Waals surface area contributed by atoms with Crippen molar-refractivity contribution >= 4 is 0 Å². The Labute approximate surface area is 106 Å². The van der Waals surface area contributed by atoms with Crippen molar-refractivity contribution in [1.82, 2.24) is 9.80 Å². The maximum atomic E-state index is 5.46. The van der Waals surface area contributed by atoms with Gasteiger partial charge in [0.1, 0.15) is 0 Å². The third kappa shape index (κ3) is 2.67. The zero-order valence-corrected chi connectivity index (χ0v) is 12.1. The molecule has 0 radical (unpaired) electrons. The van der Waals surface area contributed by atoms with Crippen LogP contribution in [0.4, 0.5) is 0 Å². The van der Waals surface area contributed by atoms with Crippen molar-refractivity contribution in [3.05, 3.63) is 0 Å². The van der Waals surface area contributed by atoms with Gasteiger partial charge in [0.2, 0.25) is 0 Å². The van der Waals surface area contributed by atoms with E-state index in [1.165, 1.54) is 12.8 Å². The van der Waals surface area contributed by atoms with Gasteiger partial charge < -0.3 is 4.74 Å². The molecule has 100 valence electrons. The van der Waals surface area contributed by atoms with Crippen LogP contribution in [0.1, 0.15) is 40.5 Å². The molecule has 0 aromatic carbocycles. The van der Waals surface area contributed by atoms with E-state index >= 15 is 0 Å². The molecule has 0 aromatic rings. The zero-order chi connectivity index (χ0) is 12.7. The molecule has 0 unspecified atom stereocenters. The molecule has 0 atom stereocenters. The van der Waals surface area contributed by atoms with E-state index in [9.17, 15) is 0 Å². The lowest BCUT2D eigenvalue weighted by molar-refractivity contribution is -0.0690. The molecule has 3 nitrogen and oxygen atoms in total. The molecule has 3 heteroatoms. The lowest BCUT2D eigenvalue weighted by Gasteiger charge is -2.56. The molecule has 17 heavy (non-hydrogen) atoms. The van der Waals surface area contributed by atoms with E-state index in [4.69, 9.17) is 4.74 Å². The van der Waals surface area contributed by atoms with Crippen molar-refractivity contribution in [3.63, 3.8) is 0 Å². The average molecular weight is 240 g/mol. The summed E-state index contributed by atoms with van der Waals surface area (Å²) >= 11 is 0. The highest BCUT2D eigenvalue weighted by Gasteiger charge is 2.44. The molecule has 0 spiro atoms. The van der Waals surface area contributed by atoms with Crippen molar-refractivity contribution in [1.29, 1.82) is 0 Å². The minimum Gasteiger partial charge on any atom is -0.379 e. The number of ether oxygens (including phenoxy) is 1. The molecule has 0 amide bonds. The zero-order valence-electron chi connectivity index (χ0n) is 12.1. The normalized spacial score (nSPS) is 31.6. The Hall–Kier alpha value is -0.120. The largest absolute Gasteiger partial charge is 0.379 e. The Kier molecular flexibility index (Phi) is 3.54. The van der Waals surface area contributed by atoms with Crippen LogP contribution < -0.4 is 0 Å². The third-order valence-corrected chi connectivity index (χ3v) is 4.85. The molecule has 0 aromatic heterocycles. The summed E-state index contributed by atoms with van der Waals surface area (Å²) in [5, 5.41) is 0. The minimum absolute atomic E-state index is 0.296. The van der Waals surface area contributed by atoms with Gasteiger partial charge in [-0.25, -0.2) is 0 Å². The van der Waals surface area contributed by atoms with Crippen LogP contribution in [0.2, 0.25) is 0 Å². The van der Waals surface area contributed by atoms with Gasteiger partial charge in [-0.3, -0.25) is 9.80 Å². The van der Waals surface area contributed by atoms with Crippen molar-refractivity contribution in [2.24, 2.45) is 0 Å². The molecule has 2 rings (SSSR count). The van der Waals surface area contributed by atoms with E-state index in [0.29, 0.717) is 11.1 Å². The highest BCUT2D eigenvalue weighted by molar-refractivity contribution is 5.01. The molecule has 0 aliphatic carbocycles. The van der Waals surface area contributed by atoms with Crippen molar-refractivity contribution in [3.8, 4) is 0 Å². The number of morpholine rings is 1. The van der Waals surface area contributed by atoms with Crippen molar-refractivity contribution < 1.29 is 4.74 Å². The quantitative estimate of drug-likeness (QED) is 0.697. The van der Waals surface area contributed by atoms with Gasteiger partial charge in [-0.15, -0.1) is 0 Å². The van der Waals surface area contributed by atoms with Crippen LogP contribution >= 0.6 is 0 Å². The predicted molar refractivity (Wildman–Crippen MR) is 71.3 cm³/mol. The van der Waals surface area contributed by atoms with Crippen molar-refractivity contribution in [2.75, 3.05) is 33.4 Å². The summed E-state index contributed by atoms with van der Waals surface area (Å²) in [6.45, 7) is 13.5. The molecule has 0 bridgehead atoms. The Bertz CT molecular complexity index is 251. The van der Waals surface area contributed by atoms with E-state index in [0.717, 1.165) is 32.3 Å². The second-order valence-corrected chi connectivity index (χ2v) is 6.89. The molecule has 2 fully saturated rings. The highest BCUT2D eigenvalue weighted by atomic mass is 16.5. The first kappa shape index (κ1) is 13.3. The van der Waals surface area contributed by atoms with Crippen LogP contribution in [0.3, 0.4) is 0 Å². The van der Waals surface area contributed by atoms with Crippen LogP contribution in [-0.4, -0.2) is 60.3 Å². The molecule has 2 saturated heterocycles. The lowest BCUT2D eigenvalue weighted by atomic mass is 9.77. The highest BCUT2D eigenvalue weighted by Crippen LogP contribution is 2.38. The number of rotatable bonds is 1. The maximum absolute atomic E-state index is 5.46. The van der Waals surface area contributed by atoms with Crippen LogP contribution in [0, 0.1) is 0 Å². The van der Waals surface area contributed by atoms with Crippen LogP contribution in [0.25, 0.3) is 0 Å². The van der Waals surface area contributed by atoms with E-state index in [-0.39, 0.29) is 0 Å². The first-order chi connectivity index (χ1) is 7.83. The first-order valence-corrected chi connectivity index (χ1v) is 6.89. The Morgan fingerprint density at radius 1 is 0.941 bits per heavy atom. The molecule has 0 N–H and O–H groups in total. The van der Waals surface area contributed by atoms with Gasteiger partial charge in [0, 0.05) is 30.2 Å². The smallest absolute Gasteiger partial charge is 0.0594 e. The number of piperidine rings is 1. The van der Waals surface area contributed by atoms with E-state index in [2.05, 4.69) is 44.5 Å². The van der Waals surface area contributed by atoms with Gasteiger partial charge in [0.05, 0.1) is 13.2 Å². The second kappa shape index (κ2) is 4.52. The molecule has 0 saturated carbocycles.